The van der Waals surface area contributed by atoms with Gasteiger partial charge in [-0.25, -0.2) is 4.79 Å². The molecular formula is C14H18O5. The van der Waals surface area contributed by atoms with E-state index < -0.39 is 11.9 Å². The highest BCUT2D eigenvalue weighted by atomic mass is 16.9. The molecule has 0 atom stereocenters. The maximum absolute atomic E-state index is 11.9. The van der Waals surface area contributed by atoms with Gasteiger partial charge in [0.2, 0.25) is 0 Å². The number of ether oxygens (including phenoxy) is 4. The molecule has 0 unspecified atom stereocenters. The predicted octanol–water partition coefficient (Wildman–Crippen LogP) is 2.44. The third kappa shape index (κ3) is 2.31. The maximum atomic E-state index is 11.9. The van der Waals surface area contributed by atoms with Crippen molar-refractivity contribution in [1.82, 2.24) is 0 Å². The van der Waals surface area contributed by atoms with Gasteiger partial charge >= 0.3 is 11.9 Å². The lowest BCUT2D eigenvalue weighted by Crippen LogP contribution is -2.34. The van der Waals surface area contributed by atoms with E-state index >= 15 is 0 Å². The lowest BCUT2D eigenvalue weighted by atomic mass is 10.1. The van der Waals surface area contributed by atoms with Crippen molar-refractivity contribution >= 4 is 5.97 Å². The Balaban J connectivity index is 2.55. The summed E-state index contributed by atoms with van der Waals surface area (Å²) in [6, 6.07) is 5.20. The number of rotatable bonds is 6. The van der Waals surface area contributed by atoms with Crippen LogP contribution in [0.3, 0.4) is 0 Å². The Labute approximate surface area is 112 Å². The molecule has 0 saturated heterocycles. The van der Waals surface area contributed by atoms with Crippen LogP contribution in [0.1, 0.15) is 36.7 Å². The van der Waals surface area contributed by atoms with Gasteiger partial charge in [0.15, 0.2) is 0 Å². The summed E-state index contributed by atoms with van der Waals surface area (Å²) in [7, 11) is 0. The van der Waals surface area contributed by atoms with E-state index in [1.165, 1.54) is 0 Å². The standard InChI is InChI=1S/C14H18O5/c1-4-16-11-9-7-8-10-12(11)14(17-5-2,18-6-3)19-13(10)15/h7-9H,4-6H2,1-3H3. The molecule has 1 aromatic rings. The second-order valence-electron chi connectivity index (χ2n) is 3.92. The summed E-state index contributed by atoms with van der Waals surface area (Å²) in [6.07, 6.45) is 0. The van der Waals surface area contributed by atoms with Crippen molar-refractivity contribution in [3.8, 4) is 5.75 Å². The number of cyclic esters (lactones) is 1. The van der Waals surface area contributed by atoms with Crippen molar-refractivity contribution in [2.45, 2.75) is 26.7 Å². The number of benzene rings is 1. The molecule has 0 N–H and O–H groups in total. The molecule has 1 aliphatic rings. The number of esters is 1. The second-order valence-corrected chi connectivity index (χ2v) is 3.92. The molecule has 1 aliphatic heterocycles. The number of carbonyl (C=O) groups excluding carboxylic acids is 1. The van der Waals surface area contributed by atoms with Crippen LogP contribution in [0.15, 0.2) is 18.2 Å². The van der Waals surface area contributed by atoms with Gasteiger partial charge in [-0.2, -0.15) is 0 Å². The Kier molecular flexibility index (Phi) is 4.07. The fraction of sp³-hybridized carbons (Fsp3) is 0.500. The maximum Gasteiger partial charge on any atom is 0.363 e. The van der Waals surface area contributed by atoms with E-state index in [9.17, 15) is 4.79 Å². The van der Waals surface area contributed by atoms with E-state index in [0.717, 1.165) is 0 Å². The molecular weight excluding hydrogens is 248 g/mol. The second kappa shape index (κ2) is 5.59. The monoisotopic (exact) mass is 266 g/mol. The third-order valence-electron chi connectivity index (χ3n) is 2.75. The summed E-state index contributed by atoms with van der Waals surface area (Å²) < 4.78 is 22.0. The van der Waals surface area contributed by atoms with Gasteiger partial charge in [0.1, 0.15) is 11.3 Å². The van der Waals surface area contributed by atoms with Crippen LogP contribution < -0.4 is 4.74 Å². The topological polar surface area (TPSA) is 54.0 Å². The Morgan fingerprint density at radius 2 is 1.79 bits per heavy atom. The summed E-state index contributed by atoms with van der Waals surface area (Å²) in [5.41, 5.74) is 0.943. The molecule has 0 fully saturated rings. The van der Waals surface area contributed by atoms with Crippen LogP contribution >= 0.6 is 0 Å². The molecule has 0 radical (unpaired) electrons. The van der Waals surface area contributed by atoms with Crippen molar-refractivity contribution in [3.63, 3.8) is 0 Å². The van der Waals surface area contributed by atoms with E-state index in [1.807, 2.05) is 20.8 Å². The molecule has 1 heterocycles. The number of carbonyl (C=O) groups is 1. The van der Waals surface area contributed by atoms with Gasteiger partial charge in [-0.15, -0.1) is 0 Å². The fourth-order valence-electron chi connectivity index (χ4n) is 2.15. The number of hydrogen-bond acceptors (Lipinski definition) is 5. The smallest absolute Gasteiger partial charge is 0.363 e. The predicted molar refractivity (Wildman–Crippen MR) is 68.0 cm³/mol. The van der Waals surface area contributed by atoms with Crippen LogP contribution in [0.25, 0.3) is 0 Å². The lowest BCUT2D eigenvalue weighted by molar-refractivity contribution is -0.359. The number of fused-ring (bicyclic) bond motifs is 1. The normalized spacial score (nSPS) is 16.1. The quantitative estimate of drug-likeness (QED) is 0.584. The average Bonchev–Trinajstić information content (AvgIpc) is 2.65. The minimum Gasteiger partial charge on any atom is -0.493 e. The Morgan fingerprint density at radius 1 is 1.11 bits per heavy atom. The highest BCUT2D eigenvalue weighted by Crippen LogP contribution is 2.43. The minimum absolute atomic E-state index is 0.354. The highest BCUT2D eigenvalue weighted by Gasteiger charge is 2.50. The average molecular weight is 266 g/mol. The molecule has 0 saturated carbocycles. The molecule has 0 spiro atoms. The molecule has 2 rings (SSSR count). The molecule has 0 aromatic heterocycles. The SMILES string of the molecule is CCOc1cccc2c1C(OCC)(OCC)OC2=O. The van der Waals surface area contributed by atoms with Crippen LogP contribution in [-0.2, 0) is 20.2 Å². The highest BCUT2D eigenvalue weighted by molar-refractivity contribution is 5.95. The zero-order chi connectivity index (χ0) is 13.9. The molecule has 0 amide bonds. The molecule has 0 aliphatic carbocycles. The molecule has 5 nitrogen and oxygen atoms in total. The van der Waals surface area contributed by atoms with Crippen molar-refractivity contribution < 1.29 is 23.7 Å². The molecule has 104 valence electrons. The Morgan fingerprint density at radius 3 is 2.37 bits per heavy atom. The third-order valence-corrected chi connectivity index (χ3v) is 2.75. The van der Waals surface area contributed by atoms with Crippen molar-refractivity contribution in [1.29, 1.82) is 0 Å². The minimum atomic E-state index is -1.48. The van der Waals surface area contributed by atoms with Crippen molar-refractivity contribution in [3.05, 3.63) is 29.3 Å². The van der Waals surface area contributed by atoms with E-state index in [-0.39, 0.29) is 0 Å². The van der Waals surface area contributed by atoms with Gasteiger partial charge in [0.05, 0.1) is 25.4 Å². The van der Waals surface area contributed by atoms with Crippen LogP contribution in [0.4, 0.5) is 0 Å². The first-order chi connectivity index (χ1) is 9.18. The van der Waals surface area contributed by atoms with E-state index in [4.69, 9.17) is 18.9 Å². The lowest BCUT2D eigenvalue weighted by Gasteiger charge is -2.28. The summed E-state index contributed by atoms with van der Waals surface area (Å²) in [5, 5.41) is 0. The largest absolute Gasteiger partial charge is 0.493 e. The molecule has 0 bridgehead atoms. The van der Waals surface area contributed by atoms with Gasteiger partial charge in [-0.05, 0) is 32.9 Å². The van der Waals surface area contributed by atoms with E-state index in [0.29, 0.717) is 36.7 Å². The summed E-state index contributed by atoms with van der Waals surface area (Å²) in [4.78, 5) is 11.9. The van der Waals surface area contributed by atoms with E-state index in [1.54, 1.807) is 18.2 Å². The first-order valence-corrected chi connectivity index (χ1v) is 6.46. The Bertz CT molecular complexity index is 463. The summed E-state index contributed by atoms with van der Waals surface area (Å²) >= 11 is 0. The fourth-order valence-corrected chi connectivity index (χ4v) is 2.15. The summed E-state index contributed by atoms with van der Waals surface area (Å²) in [5.74, 6) is -1.40. The van der Waals surface area contributed by atoms with Crippen LogP contribution in [0, 0.1) is 0 Å². The van der Waals surface area contributed by atoms with Crippen LogP contribution in [-0.4, -0.2) is 25.8 Å². The molecule has 1 aromatic carbocycles. The first-order valence-electron chi connectivity index (χ1n) is 6.46. The Hall–Kier alpha value is -1.59. The van der Waals surface area contributed by atoms with Gasteiger partial charge in [0, 0.05) is 0 Å². The van der Waals surface area contributed by atoms with Crippen LogP contribution in [0.2, 0.25) is 0 Å². The molecule has 19 heavy (non-hydrogen) atoms. The zero-order valence-corrected chi connectivity index (χ0v) is 11.4. The first kappa shape index (κ1) is 13.8. The zero-order valence-electron chi connectivity index (χ0n) is 11.4. The van der Waals surface area contributed by atoms with Gasteiger partial charge < -0.3 is 18.9 Å². The van der Waals surface area contributed by atoms with Gasteiger partial charge in [0.25, 0.3) is 0 Å². The van der Waals surface area contributed by atoms with Gasteiger partial charge in [-0.1, -0.05) is 6.07 Å². The number of hydrogen-bond donors (Lipinski definition) is 0. The summed E-state index contributed by atoms with van der Waals surface area (Å²) in [6.45, 7) is 6.70. The van der Waals surface area contributed by atoms with Gasteiger partial charge in [-0.3, -0.25) is 0 Å². The van der Waals surface area contributed by atoms with Crippen molar-refractivity contribution in [2.24, 2.45) is 0 Å². The van der Waals surface area contributed by atoms with E-state index in [2.05, 4.69) is 0 Å². The molecule has 5 heteroatoms. The van der Waals surface area contributed by atoms with Crippen molar-refractivity contribution in [2.75, 3.05) is 19.8 Å². The van der Waals surface area contributed by atoms with Crippen LogP contribution in [0.5, 0.6) is 5.75 Å².